The van der Waals surface area contributed by atoms with E-state index in [1.165, 1.54) is 0 Å². The number of fused-ring (bicyclic) bond motifs is 1. The van der Waals surface area contributed by atoms with Gasteiger partial charge >= 0.3 is 0 Å². The van der Waals surface area contributed by atoms with Gasteiger partial charge in [0.15, 0.2) is 0 Å². The first-order valence-electron chi connectivity index (χ1n) is 16.0. The fraction of sp³-hybridized carbons (Fsp3) is 0.119. The van der Waals surface area contributed by atoms with Gasteiger partial charge in [-0.05, 0) is 29.3 Å². The molecule has 0 bridgehead atoms. The predicted molar refractivity (Wildman–Crippen MR) is 189 cm³/mol. The van der Waals surface area contributed by atoms with Gasteiger partial charge in [0.1, 0.15) is 30.1 Å². The van der Waals surface area contributed by atoms with E-state index in [0.717, 1.165) is 39.2 Å². The molecular weight excluding hydrogens is 598 g/mol. The van der Waals surface area contributed by atoms with Crippen molar-refractivity contribution >= 4 is 17.3 Å². The topological polar surface area (TPSA) is 79.2 Å². The molecule has 0 unspecified atom stereocenters. The van der Waals surface area contributed by atoms with Gasteiger partial charge in [0.05, 0.1) is 18.9 Å². The first kappa shape index (κ1) is 30.9. The number of rotatable bonds is 11. The predicted octanol–water partition coefficient (Wildman–Crippen LogP) is 7.78. The maximum Gasteiger partial charge on any atom is 0.251 e. The second-order valence-electron chi connectivity index (χ2n) is 11.5. The monoisotopic (exact) mass is 633 g/mol. The summed E-state index contributed by atoms with van der Waals surface area (Å²) in [6.45, 7) is -0.346. The number of amides is 1. The van der Waals surface area contributed by atoms with E-state index in [1.54, 1.807) is 4.90 Å². The molecule has 1 aliphatic heterocycles. The summed E-state index contributed by atoms with van der Waals surface area (Å²) in [5.41, 5.74) is 5.42. The van der Waals surface area contributed by atoms with Crippen LogP contribution in [-0.2, 0) is 10.2 Å². The van der Waals surface area contributed by atoms with Crippen molar-refractivity contribution < 1.29 is 24.5 Å². The van der Waals surface area contributed by atoms with Crippen molar-refractivity contribution in [3.05, 3.63) is 168 Å². The summed E-state index contributed by atoms with van der Waals surface area (Å²) in [7, 11) is 0. The smallest absolute Gasteiger partial charge is 0.251 e. The number of hydrogen-bond donors (Lipinski definition) is 2. The Hall–Kier alpha value is -5.69. The first-order valence-corrected chi connectivity index (χ1v) is 16.0. The number of benzene rings is 6. The van der Waals surface area contributed by atoms with Crippen LogP contribution in [0.25, 0.3) is 22.3 Å². The molecular formula is C42H35NO5. The van der Waals surface area contributed by atoms with Crippen LogP contribution in [0.4, 0.5) is 11.4 Å². The highest BCUT2D eigenvalue weighted by Gasteiger charge is 2.57. The van der Waals surface area contributed by atoms with E-state index in [1.807, 2.05) is 152 Å². The molecule has 6 nitrogen and oxygen atoms in total. The van der Waals surface area contributed by atoms with Gasteiger partial charge in [-0.25, -0.2) is 0 Å². The summed E-state index contributed by atoms with van der Waals surface area (Å²) >= 11 is 0. The van der Waals surface area contributed by atoms with Gasteiger partial charge in [-0.3, -0.25) is 9.69 Å². The molecule has 0 aromatic heterocycles. The average Bonchev–Trinajstić information content (AvgIpc) is 3.42. The molecule has 0 saturated heterocycles. The zero-order valence-corrected chi connectivity index (χ0v) is 26.3. The minimum atomic E-state index is -1.46. The maximum absolute atomic E-state index is 15.7. The third-order valence-electron chi connectivity index (χ3n) is 8.77. The highest BCUT2D eigenvalue weighted by molar-refractivity contribution is 6.18. The molecule has 0 atom stereocenters. The Kier molecular flexibility index (Phi) is 8.75. The molecule has 6 heteroatoms. The minimum absolute atomic E-state index is 0.0308. The Bertz CT molecular complexity index is 1930. The van der Waals surface area contributed by atoms with Crippen LogP contribution in [0.3, 0.4) is 0 Å². The van der Waals surface area contributed by atoms with Crippen molar-refractivity contribution in [1.29, 1.82) is 0 Å². The van der Waals surface area contributed by atoms with E-state index in [0.29, 0.717) is 22.6 Å². The lowest BCUT2D eigenvalue weighted by Gasteiger charge is -2.34. The molecule has 7 rings (SSSR count). The molecule has 6 aromatic carbocycles. The van der Waals surface area contributed by atoms with E-state index < -0.39 is 5.41 Å². The normalized spacial score (nSPS) is 13.3. The van der Waals surface area contributed by atoms with Crippen molar-refractivity contribution in [2.45, 2.75) is 5.41 Å². The highest BCUT2D eigenvalue weighted by Crippen LogP contribution is 2.58. The molecule has 0 fully saturated rings. The second kappa shape index (κ2) is 13.6. The first-order chi connectivity index (χ1) is 23.7. The lowest BCUT2D eigenvalue weighted by Crippen LogP contribution is -2.41. The zero-order valence-electron chi connectivity index (χ0n) is 26.3. The van der Waals surface area contributed by atoms with E-state index >= 15 is 4.79 Å². The molecule has 6 aromatic rings. The van der Waals surface area contributed by atoms with Crippen LogP contribution in [-0.4, -0.2) is 42.5 Å². The number of carbonyl (C=O) groups excluding carboxylic acids is 1. The molecule has 1 aliphatic rings. The van der Waals surface area contributed by atoms with Crippen LogP contribution in [0, 0.1) is 0 Å². The van der Waals surface area contributed by atoms with Crippen LogP contribution in [0.2, 0.25) is 0 Å². The van der Waals surface area contributed by atoms with Crippen LogP contribution in [0.1, 0.15) is 16.7 Å². The Morgan fingerprint density at radius 3 is 1.44 bits per heavy atom. The van der Waals surface area contributed by atoms with Gasteiger partial charge in [-0.15, -0.1) is 0 Å². The standard InChI is InChI=1S/C42H35NO5/c44-26-28-47-39-33(30-14-4-1-5-15-30)20-12-23-36(39)42(35-22-10-11-25-38(35)43(41(42)46)32-18-8-3-9-19-32)37-24-13-21-34(40(37)48-29-27-45)31-16-6-2-7-17-31/h1-25,44-45H,26-29H2. The summed E-state index contributed by atoms with van der Waals surface area (Å²) < 4.78 is 12.9. The van der Waals surface area contributed by atoms with Crippen LogP contribution >= 0.6 is 0 Å². The molecule has 0 spiro atoms. The Morgan fingerprint density at radius 1 is 0.500 bits per heavy atom. The molecule has 1 heterocycles. The summed E-state index contributed by atoms with van der Waals surface area (Å²) in [6, 6.07) is 49.0. The van der Waals surface area contributed by atoms with Crippen molar-refractivity contribution in [2.75, 3.05) is 31.3 Å². The largest absolute Gasteiger partial charge is 0.490 e. The van der Waals surface area contributed by atoms with Gasteiger partial charge in [-0.1, -0.05) is 133 Å². The average molecular weight is 634 g/mol. The molecule has 0 saturated carbocycles. The Labute approximate surface area is 280 Å². The molecule has 0 radical (unpaired) electrons. The second-order valence-corrected chi connectivity index (χ2v) is 11.5. The van der Waals surface area contributed by atoms with Gasteiger partial charge in [0.25, 0.3) is 5.91 Å². The molecule has 1 amide bonds. The summed E-state index contributed by atoms with van der Waals surface area (Å²) in [6.07, 6.45) is 0. The number of ether oxygens (including phenoxy) is 2. The third-order valence-corrected chi connectivity index (χ3v) is 8.77. The Morgan fingerprint density at radius 2 is 0.938 bits per heavy atom. The lowest BCUT2D eigenvalue weighted by atomic mass is 9.68. The Balaban J connectivity index is 1.63. The highest BCUT2D eigenvalue weighted by atomic mass is 16.5. The SMILES string of the molecule is O=C1N(c2ccccc2)c2ccccc2C1(c1cccc(-c2ccccc2)c1OCCO)c1cccc(-c2ccccc2)c1OCCO. The minimum Gasteiger partial charge on any atom is -0.490 e. The lowest BCUT2D eigenvalue weighted by molar-refractivity contribution is -0.120. The summed E-state index contributed by atoms with van der Waals surface area (Å²) in [5.74, 6) is 0.788. The van der Waals surface area contributed by atoms with Crippen LogP contribution < -0.4 is 14.4 Å². The van der Waals surface area contributed by atoms with Gasteiger partial charge in [0, 0.05) is 33.5 Å². The summed E-state index contributed by atoms with van der Waals surface area (Å²) in [4.78, 5) is 17.5. The van der Waals surface area contributed by atoms with E-state index in [9.17, 15) is 10.2 Å². The zero-order chi connectivity index (χ0) is 32.9. The fourth-order valence-electron chi connectivity index (χ4n) is 6.84. The molecule has 0 aliphatic carbocycles. The van der Waals surface area contributed by atoms with Crippen molar-refractivity contribution in [3.8, 4) is 33.8 Å². The molecule has 48 heavy (non-hydrogen) atoms. The third kappa shape index (κ3) is 5.21. The van der Waals surface area contributed by atoms with Gasteiger partial charge in [-0.2, -0.15) is 0 Å². The number of anilines is 2. The quantitative estimate of drug-likeness (QED) is 0.152. The molecule has 238 valence electrons. The number of aliphatic hydroxyl groups is 2. The van der Waals surface area contributed by atoms with Gasteiger partial charge < -0.3 is 19.7 Å². The van der Waals surface area contributed by atoms with E-state index in [2.05, 4.69) is 0 Å². The van der Waals surface area contributed by atoms with Crippen LogP contribution in [0.15, 0.2) is 152 Å². The van der Waals surface area contributed by atoms with Crippen LogP contribution in [0.5, 0.6) is 11.5 Å². The fourth-order valence-corrected chi connectivity index (χ4v) is 6.84. The van der Waals surface area contributed by atoms with E-state index in [4.69, 9.17) is 9.47 Å². The molecule has 2 N–H and O–H groups in total. The number of para-hydroxylation sites is 4. The maximum atomic E-state index is 15.7. The number of hydrogen-bond acceptors (Lipinski definition) is 5. The number of nitrogens with zero attached hydrogens (tertiary/aromatic N) is 1. The van der Waals surface area contributed by atoms with Crippen molar-refractivity contribution in [3.63, 3.8) is 0 Å². The van der Waals surface area contributed by atoms with Crippen molar-refractivity contribution in [2.24, 2.45) is 0 Å². The van der Waals surface area contributed by atoms with Gasteiger partial charge in [0.2, 0.25) is 0 Å². The summed E-state index contributed by atoms with van der Waals surface area (Å²) in [5, 5.41) is 20.0. The van der Waals surface area contributed by atoms with E-state index in [-0.39, 0.29) is 32.3 Å². The number of carbonyl (C=O) groups is 1. The number of aliphatic hydroxyl groups excluding tert-OH is 2. The van der Waals surface area contributed by atoms with Crippen molar-refractivity contribution in [1.82, 2.24) is 0 Å².